The number of rotatable bonds is 5. The molecule has 1 fully saturated rings. The fourth-order valence-electron chi connectivity index (χ4n) is 5.08. The van der Waals surface area contributed by atoms with E-state index in [4.69, 9.17) is 0 Å². The van der Waals surface area contributed by atoms with Crippen molar-refractivity contribution in [2.24, 2.45) is 0 Å². The van der Waals surface area contributed by atoms with Gasteiger partial charge in [0.2, 0.25) is 0 Å². The minimum atomic E-state index is -4.31. The van der Waals surface area contributed by atoms with E-state index in [9.17, 15) is 13.2 Å². The van der Waals surface area contributed by atoms with Crippen LogP contribution in [0.2, 0.25) is 0 Å². The molecule has 1 aromatic heterocycles. The minimum absolute atomic E-state index is 0.339. The Labute approximate surface area is 192 Å². The highest BCUT2D eigenvalue weighted by Gasteiger charge is 2.33. The summed E-state index contributed by atoms with van der Waals surface area (Å²) in [6, 6.07) is 21.2. The molecule has 3 nitrogen and oxygen atoms in total. The standard InChI is InChI=1S/C27H28F3N3/c1-2-33-25-10-6-4-8-22(25)23-17-20(11-12-26(23)33)18-31-13-15-32(16-14-31)19-21-7-3-5-9-24(21)27(28,29)30/h3-12,17H,2,13-16,18-19H2,1H3. The number of aryl methyl sites for hydroxylation is 1. The van der Waals surface area contributed by atoms with Crippen LogP contribution in [0.4, 0.5) is 13.2 Å². The molecule has 6 heteroatoms. The highest BCUT2D eigenvalue weighted by Crippen LogP contribution is 2.33. The first-order valence-corrected chi connectivity index (χ1v) is 11.5. The fraction of sp³-hybridized carbons (Fsp3) is 0.333. The summed E-state index contributed by atoms with van der Waals surface area (Å²) in [5.41, 5.74) is 3.64. The van der Waals surface area contributed by atoms with E-state index in [-0.39, 0.29) is 0 Å². The maximum atomic E-state index is 13.3. The van der Waals surface area contributed by atoms with Gasteiger partial charge in [-0.3, -0.25) is 9.80 Å². The second-order valence-corrected chi connectivity index (χ2v) is 8.82. The Balaban J connectivity index is 1.27. The van der Waals surface area contributed by atoms with Gasteiger partial charge in [0.05, 0.1) is 5.56 Å². The van der Waals surface area contributed by atoms with Gasteiger partial charge in [0.1, 0.15) is 0 Å². The largest absolute Gasteiger partial charge is 0.416 e. The first kappa shape index (κ1) is 22.0. The lowest BCUT2D eigenvalue weighted by Crippen LogP contribution is -2.45. The number of para-hydroxylation sites is 1. The zero-order valence-corrected chi connectivity index (χ0v) is 18.8. The predicted molar refractivity (Wildman–Crippen MR) is 127 cm³/mol. The van der Waals surface area contributed by atoms with Crippen molar-refractivity contribution in [3.8, 4) is 0 Å². The van der Waals surface area contributed by atoms with Crippen molar-refractivity contribution in [1.82, 2.24) is 14.4 Å². The van der Waals surface area contributed by atoms with Crippen molar-refractivity contribution in [2.75, 3.05) is 26.2 Å². The quantitative estimate of drug-likeness (QED) is 0.361. The van der Waals surface area contributed by atoms with Crippen LogP contribution in [-0.2, 0) is 25.8 Å². The van der Waals surface area contributed by atoms with E-state index in [1.165, 1.54) is 39.5 Å². The summed E-state index contributed by atoms with van der Waals surface area (Å²) >= 11 is 0. The van der Waals surface area contributed by atoms with Crippen molar-refractivity contribution in [3.63, 3.8) is 0 Å². The monoisotopic (exact) mass is 451 g/mol. The van der Waals surface area contributed by atoms with Gasteiger partial charge in [-0.05, 0) is 42.3 Å². The van der Waals surface area contributed by atoms with Crippen LogP contribution in [-0.4, -0.2) is 40.5 Å². The normalized spacial score (nSPS) is 16.1. The summed E-state index contributed by atoms with van der Waals surface area (Å²) in [5, 5.41) is 2.57. The van der Waals surface area contributed by atoms with Gasteiger partial charge in [-0.1, -0.05) is 42.5 Å². The third kappa shape index (κ3) is 4.37. The number of piperazine rings is 1. The zero-order chi connectivity index (χ0) is 23.0. The molecule has 0 aliphatic carbocycles. The fourth-order valence-corrected chi connectivity index (χ4v) is 5.08. The molecule has 0 radical (unpaired) electrons. The summed E-state index contributed by atoms with van der Waals surface area (Å²) in [6.07, 6.45) is -4.31. The summed E-state index contributed by atoms with van der Waals surface area (Å²) in [6.45, 7) is 7.54. The van der Waals surface area contributed by atoms with Gasteiger partial charge in [0.25, 0.3) is 0 Å². The van der Waals surface area contributed by atoms with Gasteiger partial charge in [-0.2, -0.15) is 13.2 Å². The Hall–Kier alpha value is -2.83. The number of aromatic nitrogens is 1. The van der Waals surface area contributed by atoms with Crippen molar-refractivity contribution < 1.29 is 13.2 Å². The summed E-state index contributed by atoms with van der Waals surface area (Å²) in [5.74, 6) is 0. The smallest absolute Gasteiger partial charge is 0.341 e. The average Bonchev–Trinajstić information content (AvgIpc) is 3.13. The number of fused-ring (bicyclic) bond motifs is 3. The Morgan fingerprint density at radius 1 is 0.727 bits per heavy atom. The first-order chi connectivity index (χ1) is 15.9. The van der Waals surface area contributed by atoms with E-state index in [2.05, 4.69) is 63.8 Å². The molecule has 0 bridgehead atoms. The third-order valence-electron chi connectivity index (χ3n) is 6.74. The van der Waals surface area contributed by atoms with E-state index >= 15 is 0 Å². The number of hydrogen-bond acceptors (Lipinski definition) is 2. The summed E-state index contributed by atoms with van der Waals surface area (Å²) in [7, 11) is 0. The first-order valence-electron chi connectivity index (χ1n) is 11.5. The van der Waals surface area contributed by atoms with Gasteiger partial charge in [0.15, 0.2) is 0 Å². The van der Waals surface area contributed by atoms with Crippen LogP contribution in [0, 0.1) is 0 Å². The van der Waals surface area contributed by atoms with Gasteiger partial charge in [-0.25, -0.2) is 0 Å². The Morgan fingerprint density at radius 3 is 2.09 bits per heavy atom. The molecule has 3 aromatic carbocycles. The highest BCUT2D eigenvalue weighted by atomic mass is 19.4. The molecular weight excluding hydrogens is 423 g/mol. The van der Waals surface area contributed by atoms with E-state index in [1.807, 2.05) is 0 Å². The molecule has 1 aliphatic rings. The van der Waals surface area contributed by atoms with E-state index < -0.39 is 11.7 Å². The number of halogens is 3. The number of benzene rings is 3. The molecule has 1 saturated heterocycles. The average molecular weight is 452 g/mol. The molecule has 0 atom stereocenters. The predicted octanol–water partition coefficient (Wildman–Crippen LogP) is 6.15. The van der Waals surface area contributed by atoms with Crippen LogP contribution in [0.25, 0.3) is 21.8 Å². The molecule has 2 heterocycles. The molecule has 0 amide bonds. The van der Waals surface area contributed by atoms with Crippen molar-refractivity contribution in [2.45, 2.75) is 32.7 Å². The highest BCUT2D eigenvalue weighted by molar-refractivity contribution is 6.08. The molecule has 0 unspecified atom stereocenters. The van der Waals surface area contributed by atoms with Crippen LogP contribution in [0.1, 0.15) is 23.6 Å². The van der Waals surface area contributed by atoms with E-state index in [1.54, 1.807) is 12.1 Å². The maximum absolute atomic E-state index is 13.3. The van der Waals surface area contributed by atoms with Gasteiger partial charge < -0.3 is 4.57 Å². The van der Waals surface area contributed by atoms with Crippen LogP contribution < -0.4 is 0 Å². The maximum Gasteiger partial charge on any atom is 0.416 e. The van der Waals surface area contributed by atoms with Gasteiger partial charge in [0, 0.05) is 67.6 Å². The Morgan fingerprint density at radius 2 is 1.36 bits per heavy atom. The van der Waals surface area contributed by atoms with Crippen LogP contribution in [0.5, 0.6) is 0 Å². The molecule has 5 rings (SSSR count). The molecule has 1 aliphatic heterocycles. The number of nitrogens with zero attached hydrogens (tertiary/aromatic N) is 3. The SMILES string of the molecule is CCn1c2ccccc2c2cc(CN3CCN(Cc4ccccc4C(F)(F)F)CC3)ccc21. The van der Waals surface area contributed by atoms with Gasteiger partial charge >= 0.3 is 6.18 Å². The topological polar surface area (TPSA) is 11.4 Å². The lowest BCUT2D eigenvalue weighted by atomic mass is 10.1. The Kier molecular flexibility index (Phi) is 5.89. The number of alkyl halides is 3. The second-order valence-electron chi connectivity index (χ2n) is 8.82. The minimum Gasteiger partial charge on any atom is -0.341 e. The summed E-state index contributed by atoms with van der Waals surface area (Å²) < 4.78 is 42.3. The molecule has 0 N–H and O–H groups in total. The number of hydrogen-bond donors (Lipinski definition) is 0. The lowest BCUT2D eigenvalue weighted by Gasteiger charge is -2.35. The third-order valence-corrected chi connectivity index (χ3v) is 6.74. The lowest BCUT2D eigenvalue weighted by molar-refractivity contribution is -0.138. The van der Waals surface area contributed by atoms with Crippen LogP contribution >= 0.6 is 0 Å². The van der Waals surface area contributed by atoms with E-state index in [0.29, 0.717) is 12.1 Å². The molecule has 172 valence electrons. The molecular formula is C27H28F3N3. The van der Waals surface area contributed by atoms with Crippen molar-refractivity contribution in [3.05, 3.63) is 83.4 Å². The molecule has 33 heavy (non-hydrogen) atoms. The van der Waals surface area contributed by atoms with Gasteiger partial charge in [-0.15, -0.1) is 0 Å². The van der Waals surface area contributed by atoms with Crippen LogP contribution in [0.3, 0.4) is 0 Å². The molecule has 0 spiro atoms. The summed E-state index contributed by atoms with van der Waals surface area (Å²) in [4.78, 5) is 4.52. The second kappa shape index (κ2) is 8.84. The van der Waals surface area contributed by atoms with E-state index in [0.717, 1.165) is 39.3 Å². The van der Waals surface area contributed by atoms with Crippen molar-refractivity contribution in [1.29, 1.82) is 0 Å². The van der Waals surface area contributed by atoms with Crippen LogP contribution in [0.15, 0.2) is 66.7 Å². The van der Waals surface area contributed by atoms with Crippen molar-refractivity contribution >= 4 is 21.8 Å². The molecule has 4 aromatic rings. The Bertz CT molecular complexity index is 1270. The molecule has 0 saturated carbocycles. The zero-order valence-electron chi connectivity index (χ0n) is 18.8.